The van der Waals surface area contributed by atoms with E-state index >= 15 is 0 Å². The predicted molar refractivity (Wildman–Crippen MR) is 123 cm³/mol. The fourth-order valence-corrected chi connectivity index (χ4v) is 5.50. The lowest BCUT2D eigenvalue weighted by atomic mass is 9.70. The summed E-state index contributed by atoms with van der Waals surface area (Å²) >= 11 is 0.993. The first-order valence-electron chi connectivity index (χ1n) is 9.97. The van der Waals surface area contributed by atoms with Crippen molar-refractivity contribution in [2.45, 2.75) is 18.5 Å². The van der Waals surface area contributed by atoms with E-state index in [-0.39, 0.29) is 10.4 Å². The third-order valence-electron chi connectivity index (χ3n) is 5.85. The van der Waals surface area contributed by atoms with Gasteiger partial charge in [0.2, 0.25) is 5.88 Å². The van der Waals surface area contributed by atoms with E-state index in [1.54, 1.807) is 55.7 Å². The van der Waals surface area contributed by atoms with Crippen LogP contribution in [-0.2, 0) is 10.3 Å². The minimum atomic E-state index is -1.64. The zero-order chi connectivity index (χ0) is 23.5. The fraction of sp³-hybridized carbons (Fsp3) is 0.130. The van der Waals surface area contributed by atoms with Gasteiger partial charge in [-0.2, -0.15) is 0 Å². The van der Waals surface area contributed by atoms with Gasteiger partial charge in [0.05, 0.1) is 16.9 Å². The highest BCUT2D eigenvalue weighted by molar-refractivity contribution is 7.21. The summed E-state index contributed by atoms with van der Waals surface area (Å²) in [4.78, 5) is 33.9. The number of anilines is 1. The minimum Gasteiger partial charge on any atom is -0.477 e. The summed E-state index contributed by atoms with van der Waals surface area (Å²) in [5, 5.41) is 10.2. The predicted octanol–water partition coefficient (Wildman–Crippen LogP) is 2.86. The first kappa shape index (κ1) is 21.0. The number of carbonyl (C=O) groups excluding carboxylic acids is 1. The Balaban J connectivity index is 1.70. The van der Waals surface area contributed by atoms with Crippen molar-refractivity contribution >= 4 is 38.9 Å². The van der Waals surface area contributed by atoms with Crippen LogP contribution in [-0.4, -0.2) is 26.8 Å². The minimum absolute atomic E-state index is 0.0119. The van der Waals surface area contributed by atoms with E-state index < -0.39 is 23.3 Å². The van der Waals surface area contributed by atoms with Crippen LogP contribution in [0, 0.1) is 6.92 Å². The summed E-state index contributed by atoms with van der Waals surface area (Å²) in [6.07, 6.45) is 3.19. The van der Waals surface area contributed by atoms with E-state index in [0.717, 1.165) is 11.3 Å². The van der Waals surface area contributed by atoms with Crippen molar-refractivity contribution in [1.29, 1.82) is 0 Å². The molecule has 9 nitrogen and oxygen atoms in total. The smallest absolute Gasteiger partial charge is 0.346 e. The number of nitrogens with two attached hydrogens (primary N) is 3. The Morgan fingerprint density at radius 1 is 1.21 bits per heavy atom. The van der Waals surface area contributed by atoms with Crippen LogP contribution in [0.5, 0.6) is 11.6 Å². The number of ether oxygens (including phenoxy) is 1. The van der Waals surface area contributed by atoms with E-state index in [1.807, 2.05) is 0 Å². The molecule has 7 N–H and O–H groups in total. The van der Waals surface area contributed by atoms with Crippen molar-refractivity contribution in [2.24, 2.45) is 11.5 Å². The molecule has 5 rings (SSSR count). The first-order chi connectivity index (χ1) is 15.7. The van der Waals surface area contributed by atoms with E-state index in [0.29, 0.717) is 44.2 Å². The number of pyridine rings is 2. The third-order valence-corrected chi connectivity index (χ3v) is 7.09. The molecule has 2 unspecified atom stereocenters. The lowest BCUT2D eigenvalue weighted by Gasteiger charge is -2.37. The summed E-state index contributed by atoms with van der Waals surface area (Å²) in [5.74, 6) is -0.862. The number of aryl methyl sites for hydroxylation is 1. The average Bonchev–Trinajstić information content (AvgIpc) is 3.20. The average molecular weight is 462 g/mol. The van der Waals surface area contributed by atoms with Gasteiger partial charge in [-0.25, -0.2) is 9.78 Å². The lowest BCUT2D eigenvalue weighted by molar-refractivity contribution is -0.124. The number of nitrogens with zero attached hydrogens (tertiary/aromatic N) is 2. The largest absolute Gasteiger partial charge is 0.477 e. The number of ketones is 1. The number of carboxylic acids is 1. The molecule has 2 atom stereocenters. The normalized spacial score (nSPS) is 19.6. The number of carbonyl (C=O) groups is 2. The number of nitrogen functional groups attached to an aromatic ring is 1. The maximum absolute atomic E-state index is 13.6. The Morgan fingerprint density at radius 2 is 1.97 bits per heavy atom. The molecule has 0 saturated heterocycles. The number of carboxylic acid groups (broad SMARTS) is 1. The van der Waals surface area contributed by atoms with Gasteiger partial charge in [-0.3, -0.25) is 9.78 Å². The summed E-state index contributed by atoms with van der Waals surface area (Å²) in [6, 6.07) is 8.83. The quantitative estimate of drug-likeness (QED) is 0.334. The Labute approximate surface area is 191 Å². The van der Waals surface area contributed by atoms with Crippen LogP contribution in [0.4, 0.5) is 5.69 Å². The van der Waals surface area contributed by atoms with Gasteiger partial charge in [-0.15, -0.1) is 11.3 Å². The number of hydrogen-bond donors (Lipinski definition) is 4. The molecule has 0 fully saturated rings. The van der Waals surface area contributed by atoms with Gasteiger partial charge in [0.15, 0.2) is 5.78 Å². The Bertz CT molecular complexity index is 1450. The van der Waals surface area contributed by atoms with Crippen LogP contribution in [0.1, 0.15) is 38.1 Å². The summed E-state index contributed by atoms with van der Waals surface area (Å²) < 4.78 is 6.28. The summed E-state index contributed by atoms with van der Waals surface area (Å²) in [6.45, 7) is 1.72. The van der Waals surface area contributed by atoms with Crippen molar-refractivity contribution in [2.75, 3.05) is 5.73 Å². The number of rotatable bonds is 4. The van der Waals surface area contributed by atoms with Crippen LogP contribution in [0.3, 0.4) is 0 Å². The van der Waals surface area contributed by atoms with Crippen LogP contribution >= 0.6 is 11.3 Å². The van der Waals surface area contributed by atoms with Gasteiger partial charge in [-0.1, -0.05) is 6.07 Å². The van der Waals surface area contributed by atoms with E-state index in [9.17, 15) is 14.7 Å². The van der Waals surface area contributed by atoms with Crippen LogP contribution < -0.4 is 21.9 Å². The molecular formula is C23H19N5O4S. The second-order valence-electron chi connectivity index (χ2n) is 7.78. The second-order valence-corrected chi connectivity index (χ2v) is 8.80. The Hall–Kier alpha value is -3.86. The highest BCUT2D eigenvalue weighted by Gasteiger charge is 2.49. The topological polar surface area (TPSA) is 167 Å². The third kappa shape index (κ3) is 2.99. The van der Waals surface area contributed by atoms with Crippen molar-refractivity contribution in [1.82, 2.24) is 9.97 Å². The van der Waals surface area contributed by atoms with Gasteiger partial charge < -0.3 is 27.0 Å². The molecule has 0 radical (unpaired) electrons. The molecule has 166 valence electrons. The Morgan fingerprint density at radius 3 is 2.64 bits per heavy atom. The molecule has 0 amide bonds. The highest BCUT2D eigenvalue weighted by atomic mass is 32.1. The van der Waals surface area contributed by atoms with Crippen LogP contribution in [0.15, 0.2) is 48.8 Å². The van der Waals surface area contributed by atoms with Crippen molar-refractivity contribution < 1.29 is 19.4 Å². The van der Waals surface area contributed by atoms with Gasteiger partial charge >= 0.3 is 5.97 Å². The molecule has 0 bridgehead atoms. The molecule has 1 aliphatic carbocycles. The van der Waals surface area contributed by atoms with E-state index in [1.165, 1.54) is 0 Å². The second kappa shape index (κ2) is 7.34. The molecule has 1 aliphatic rings. The zero-order valence-electron chi connectivity index (χ0n) is 17.4. The number of thiophene rings is 1. The van der Waals surface area contributed by atoms with Crippen LogP contribution in [0.2, 0.25) is 0 Å². The fourth-order valence-electron chi connectivity index (χ4n) is 4.36. The molecule has 3 aromatic heterocycles. The van der Waals surface area contributed by atoms with Gasteiger partial charge in [0, 0.05) is 40.2 Å². The first-order valence-corrected chi connectivity index (χ1v) is 10.8. The number of aromatic carboxylic acids is 1. The summed E-state index contributed by atoms with van der Waals surface area (Å²) in [5.41, 5.74) is 19.6. The molecule has 0 aliphatic heterocycles. The maximum atomic E-state index is 13.6. The van der Waals surface area contributed by atoms with Gasteiger partial charge in [-0.05, 0) is 36.8 Å². The van der Waals surface area contributed by atoms with Gasteiger partial charge in [0.25, 0.3) is 0 Å². The molecule has 4 aromatic rings. The molecule has 3 heterocycles. The zero-order valence-corrected chi connectivity index (χ0v) is 18.2. The van der Waals surface area contributed by atoms with Gasteiger partial charge in [0.1, 0.15) is 16.2 Å². The Kier molecular flexibility index (Phi) is 4.67. The summed E-state index contributed by atoms with van der Waals surface area (Å²) in [7, 11) is 0. The standard InChI is InChI=1S/C23H19N5O4S/c1-10-12(5-7-15(28-10)32-11-3-2-8-27-9-11)23(26)13-4-6-14(24)19-16(13)17(18(25)21(23)29)20(33-19)22(30)31/h2-9,18H,24-26H2,1H3,(H,30,31). The molecular weight excluding hydrogens is 442 g/mol. The molecule has 0 saturated carbocycles. The maximum Gasteiger partial charge on any atom is 0.346 e. The number of Topliss-reactive ketones (excluding diaryl/α,β-unsaturated/α-hetero) is 1. The van der Waals surface area contributed by atoms with Crippen LogP contribution in [0.25, 0.3) is 10.1 Å². The highest BCUT2D eigenvalue weighted by Crippen LogP contribution is 2.49. The van der Waals surface area contributed by atoms with Crippen molar-refractivity contribution in [3.8, 4) is 11.6 Å². The molecule has 0 spiro atoms. The molecule has 10 heteroatoms. The number of hydrogen-bond acceptors (Lipinski definition) is 9. The SMILES string of the molecule is Cc1nc(Oc2cccnc2)ccc1C1(N)C(=O)C(N)c2c(C(=O)O)sc3c(N)ccc1c23. The number of aromatic nitrogens is 2. The lowest BCUT2D eigenvalue weighted by Crippen LogP contribution is -2.53. The number of benzene rings is 1. The molecule has 33 heavy (non-hydrogen) atoms. The molecule has 1 aromatic carbocycles. The monoisotopic (exact) mass is 461 g/mol. The van der Waals surface area contributed by atoms with Crippen molar-refractivity contribution in [3.05, 3.63) is 76.1 Å². The van der Waals surface area contributed by atoms with E-state index in [4.69, 9.17) is 21.9 Å². The van der Waals surface area contributed by atoms with E-state index in [2.05, 4.69) is 9.97 Å². The van der Waals surface area contributed by atoms with Crippen molar-refractivity contribution in [3.63, 3.8) is 0 Å².